The molecule has 0 unspecified atom stereocenters. The highest BCUT2D eigenvalue weighted by Gasteiger charge is 2.35. The maximum atomic E-state index is 12.8. The quantitative estimate of drug-likeness (QED) is 0.298. The fourth-order valence-corrected chi connectivity index (χ4v) is 4.81. The highest BCUT2D eigenvalue weighted by Crippen LogP contribution is 2.38. The van der Waals surface area contributed by atoms with E-state index in [2.05, 4.69) is 15.9 Å². The summed E-state index contributed by atoms with van der Waals surface area (Å²) in [6.45, 7) is 0.539. The van der Waals surface area contributed by atoms with Crippen molar-refractivity contribution in [3.8, 4) is 5.75 Å². The first-order chi connectivity index (χ1) is 15.4. The van der Waals surface area contributed by atoms with Gasteiger partial charge in [0.05, 0.1) is 21.5 Å². The molecule has 4 rings (SSSR count). The Kier molecular flexibility index (Phi) is 7.26. The van der Waals surface area contributed by atoms with E-state index in [0.717, 1.165) is 27.4 Å². The second-order valence-corrected chi connectivity index (χ2v) is 9.71. The molecule has 3 aromatic carbocycles. The molecular formula is C24H16BrCl2NO3S. The molecule has 0 aromatic heterocycles. The number of hydrogen-bond acceptors (Lipinski definition) is 4. The van der Waals surface area contributed by atoms with E-state index >= 15 is 0 Å². The van der Waals surface area contributed by atoms with Gasteiger partial charge < -0.3 is 4.74 Å². The van der Waals surface area contributed by atoms with Crippen LogP contribution in [0, 0.1) is 0 Å². The number of halogens is 3. The Balaban J connectivity index is 1.50. The lowest BCUT2D eigenvalue weighted by molar-refractivity contribution is -0.123. The number of carbonyl (C=O) groups excluding carboxylic acids is 2. The third kappa shape index (κ3) is 5.38. The van der Waals surface area contributed by atoms with Gasteiger partial charge in [-0.15, -0.1) is 0 Å². The molecule has 0 bridgehead atoms. The molecular weight excluding hydrogens is 533 g/mol. The molecule has 2 amide bonds. The summed E-state index contributed by atoms with van der Waals surface area (Å²) in [5.41, 5.74) is 2.46. The normalized spacial score (nSPS) is 15.0. The molecule has 32 heavy (non-hydrogen) atoms. The van der Waals surface area contributed by atoms with Gasteiger partial charge in [-0.2, -0.15) is 0 Å². The second kappa shape index (κ2) is 10.1. The molecule has 0 atom stereocenters. The second-order valence-electron chi connectivity index (χ2n) is 6.98. The Morgan fingerprint density at radius 2 is 1.59 bits per heavy atom. The molecule has 8 heteroatoms. The number of nitrogens with zero attached hydrogens (tertiary/aromatic N) is 1. The number of amides is 2. The number of thioether (sulfide) groups is 1. The maximum Gasteiger partial charge on any atom is 0.293 e. The summed E-state index contributed by atoms with van der Waals surface area (Å²) in [5.74, 6) is 0.0252. The lowest BCUT2D eigenvalue weighted by Gasteiger charge is -2.12. The zero-order valence-electron chi connectivity index (χ0n) is 16.6. The van der Waals surface area contributed by atoms with Crippen molar-refractivity contribution >= 4 is 68.1 Å². The van der Waals surface area contributed by atoms with Crippen molar-refractivity contribution in [2.24, 2.45) is 0 Å². The molecule has 1 aliphatic heterocycles. The van der Waals surface area contributed by atoms with Crippen LogP contribution in [0.15, 0.2) is 76.1 Å². The van der Waals surface area contributed by atoms with Crippen LogP contribution in [0.25, 0.3) is 6.08 Å². The van der Waals surface area contributed by atoms with Gasteiger partial charge >= 0.3 is 0 Å². The van der Waals surface area contributed by atoms with Crippen molar-refractivity contribution in [1.29, 1.82) is 0 Å². The Hall–Kier alpha value is -2.25. The fraction of sp³-hybridized carbons (Fsp3) is 0.0833. The van der Waals surface area contributed by atoms with Crippen molar-refractivity contribution < 1.29 is 14.3 Å². The fourth-order valence-electron chi connectivity index (χ4n) is 3.09. The van der Waals surface area contributed by atoms with Gasteiger partial charge in [-0.3, -0.25) is 14.5 Å². The molecule has 0 radical (unpaired) electrons. The third-order valence-electron chi connectivity index (χ3n) is 4.67. The van der Waals surface area contributed by atoms with Crippen LogP contribution in [-0.4, -0.2) is 16.0 Å². The zero-order chi connectivity index (χ0) is 22.7. The Morgan fingerprint density at radius 1 is 0.938 bits per heavy atom. The minimum Gasteiger partial charge on any atom is -0.486 e. The van der Waals surface area contributed by atoms with Crippen LogP contribution < -0.4 is 4.74 Å². The SMILES string of the molecule is O=C1S/C(=C\c2cc(Cl)c(OCc3ccccc3)c(Cl)c2)C(=O)N1Cc1ccc(Br)cc1. The number of carbonyl (C=O) groups is 2. The summed E-state index contributed by atoms with van der Waals surface area (Å²) >= 11 is 17.0. The summed E-state index contributed by atoms with van der Waals surface area (Å²) in [6, 6.07) is 20.5. The predicted octanol–water partition coefficient (Wildman–Crippen LogP) is 7.57. The van der Waals surface area contributed by atoms with Crippen LogP contribution in [0.3, 0.4) is 0 Å². The number of imide groups is 1. The van der Waals surface area contributed by atoms with Crippen molar-refractivity contribution in [2.45, 2.75) is 13.2 Å². The van der Waals surface area contributed by atoms with Crippen molar-refractivity contribution in [1.82, 2.24) is 4.90 Å². The Bertz CT molecular complexity index is 1180. The molecule has 1 saturated heterocycles. The van der Waals surface area contributed by atoms with Crippen LogP contribution in [-0.2, 0) is 17.9 Å². The number of benzene rings is 3. The number of ether oxygens (including phenoxy) is 1. The van der Waals surface area contributed by atoms with Crippen LogP contribution in [0.2, 0.25) is 10.0 Å². The molecule has 4 nitrogen and oxygen atoms in total. The van der Waals surface area contributed by atoms with E-state index in [1.165, 1.54) is 4.90 Å². The largest absolute Gasteiger partial charge is 0.486 e. The first kappa shape index (κ1) is 22.9. The van der Waals surface area contributed by atoms with Gasteiger partial charge in [0.2, 0.25) is 0 Å². The summed E-state index contributed by atoms with van der Waals surface area (Å²) in [5, 5.41) is 0.340. The standard InChI is InChI=1S/C24H16BrCl2NO3S/c25-18-8-6-15(7-9-18)13-28-23(29)21(32-24(28)30)12-17-10-19(26)22(20(27)11-17)31-14-16-4-2-1-3-5-16/h1-12H,13-14H2/b21-12-. The molecule has 0 N–H and O–H groups in total. The average Bonchev–Trinajstić information content (AvgIpc) is 3.02. The van der Waals surface area contributed by atoms with E-state index in [4.69, 9.17) is 27.9 Å². The van der Waals surface area contributed by atoms with E-state index in [9.17, 15) is 9.59 Å². The first-order valence-corrected chi connectivity index (χ1v) is 11.9. The van der Waals surface area contributed by atoms with Crippen LogP contribution in [0.5, 0.6) is 5.75 Å². The average molecular weight is 549 g/mol. The van der Waals surface area contributed by atoms with Gasteiger partial charge in [-0.05, 0) is 58.8 Å². The molecule has 0 saturated carbocycles. The molecule has 1 heterocycles. The van der Waals surface area contributed by atoms with Gasteiger partial charge in [-0.1, -0.05) is 81.6 Å². The third-order valence-corrected chi connectivity index (χ3v) is 6.67. The lowest BCUT2D eigenvalue weighted by atomic mass is 10.2. The highest BCUT2D eigenvalue weighted by molar-refractivity contribution is 9.10. The Morgan fingerprint density at radius 3 is 2.25 bits per heavy atom. The van der Waals surface area contributed by atoms with E-state index in [0.29, 0.717) is 32.9 Å². The predicted molar refractivity (Wildman–Crippen MR) is 133 cm³/mol. The molecule has 0 aliphatic carbocycles. The molecule has 1 aliphatic rings. The highest BCUT2D eigenvalue weighted by atomic mass is 79.9. The summed E-state index contributed by atoms with van der Waals surface area (Å²) < 4.78 is 6.72. The van der Waals surface area contributed by atoms with Gasteiger partial charge in [0.1, 0.15) is 6.61 Å². The summed E-state index contributed by atoms with van der Waals surface area (Å²) in [4.78, 5) is 26.8. The van der Waals surface area contributed by atoms with Crippen molar-refractivity contribution in [3.63, 3.8) is 0 Å². The molecule has 162 valence electrons. The monoisotopic (exact) mass is 547 g/mol. The minimum absolute atomic E-state index is 0.211. The Labute approximate surface area is 208 Å². The van der Waals surface area contributed by atoms with E-state index < -0.39 is 0 Å². The summed E-state index contributed by atoms with van der Waals surface area (Å²) in [6.07, 6.45) is 1.62. The number of rotatable bonds is 6. The van der Waals surface area contributed by atoms with E-state index in [1.807, 2.05) is 54.6 Å². The van der Waals surface area contributed by atoms with Gasteiger partial charge in [0.25, 0.3) is 11.1 Å². The minimum atomic E-state index is -0.348. The first-order valence-electron chi connectivity index (χ1n) is 9.56. The smallest absolute Gasteiger partial charge is 0.293 e. The van der Waals surface area contributed by atoms with Crippen LogP contribution in [0.4, 0.5) is 4.79 Å². The van der Waals surface area contributed by atoms with Crippen molar-refractivity contribution in [3.05, 3.63) is 103 Å². The van der Waals surface area contributed by atoms with Gasteiger partial charge in [-0.25, -0.2) is 0 Å². The van der Waals surface area contributed by atoms with Gasteiger partial charge in [0, 0.05) is 4.47 Å². The molecule has 3 aromatic rings. The van der Waals surface area contributed by atoms with Crippen LogP contribution >= 0.6 is 50.9 Å². The van der Waals surface area contributed by atoms with Gasteiger partial charge in [0.15, 0.2) is 5.75 Å². The number of hydrogen-bond donors (Lipinski definition) is 0. The maximum absolute atomic E-state index is 12.8. The van der Waals surface area contributed by atoms with E-state index in [-0.39, 0.29) is 17.7 Å². The van der Waals surface area contributed by atoms with Crippen molar-refractivity contribution in [2.75, 3.05) is 0 Å². The zero-order valence-corrected chi connectivity index (χ0v) is 20.5. The topological polar surface area (TPSA) is 46.6 Å². The molecule has 0 spiro atoms. The van der Waals surface area contributed by atoms with Crippen LogP contribution in [0.1, 0.15) is 16.7 Å². The summed E-state index contributed by atoms with van der Waals surface area (Å²) in [7, 11) is 0. The lowest BCUT2D eigenvalue weighted by Crippen LogP contribution is -2.27. The van der Waals surface area contributed by atoms with E-state index in [1.54, 1.807) is 18.2 Å². The molecule has 1 fully saturated rings.